The van der Waals surface area contributed by atoms with Gasteiger partial charge in [0.05, 0.1) is 6.61 Å². The number of unbranched alkanes of at least 4 members (excludes halogenated alkanes) is 12. The third kappa shape index (κ3) is 24.8. The summed E-state index contributed by atoms with van der Waals surface area (Å²) in [5.74, 6) is -0.552. The molecule has 0 saturated heterocycles. The number of aliphatic hydroxyl groups excluding tert-OH is 2. The number of phosphoric ester groups is 4. The first-order valence-corrected chi connectivity index (χ1v) is 25.6. The van der Waals surface area contributed by atoms with Crippen LogP contribution in [-0.2, 0) is 55.2 Å². The van der Waals surface area contributed by atoms with Gasteiger partial charge in [0.25, 0.3) is 0 Å². The van der Waals surface area contributed by atoms with E-state index in [4.69, 9.17) is 13.8 Å². The molecule has 1 aliphatic rings. The van der Waals surface area contributed by atoms with Gasteiger partial charge in [-0.3, -0.25) is 32.2 Å². The number of rotatable bonds is 31. The minimum Gasteiger partial charge on any atom is -0.460 e. The molecule has 0 aromatic heterocycles. The first kappa shape index (κ1) is 53.9. The molecule has 0 radical (unpaired) electrons. The highest BCUT2D eigenvalue weighted by molar-refractivity contribution is 8.13. The Morgan fingerprint density at radius 3 is 1.43 bits per heavy atom. The lowest BCUT2D eigenvalue weighted by atomic mass is 9.85. The molecule has 0 aromatic rings. The maximum atomic E-state index is 13.1. The van der Waals surface area contributed by atoms with E-state index in [0.717, 1.165) is 43.9 Å². The summed E-state index contributed by atoms with van der Waals surface area (Å²) in [5, 5.41) is 21.5. The van der Waals surface area contributed by atoms with E-state index < -0.39 is 86.6 Å². The van der Waals surface area contributed by atoms with Crippen LogP contribution in [0.25, 0.3) is 0 Å². The predicted octanol–water partition coefficient (Wildman–Crippen LogP) is 4.50. The Hall–Kier alpha value is -0.150. The summed E-state index contributed by atoms with van der Waals surface area (Å²) < 4.78 is 76.2. The highest BCUT2D eigenvalue weighted by Crippen LogP contribution is 2.53. The molecule has 1 saturated carbocycles. The molecule has 4 unspecified atom stereocenters. The first-order chi connectivity index (χ1) is 26.0. The van der Waals surface area contributed by atoms with Gasteiger partial charge in [-0.2, -0.15) is 0 Å². The van der Waals surface area contributed by atoms with E-state index in [1.54, 1.807) is 6.92 Å². The van der Waals surface area contributed by atoms with Crippen LogP contribution in [0.4, 0.5) is 0 Å². The van der Waals surface area contributed by atoms with E-state index in [2.05, 4.69) is 20.5 Å². The van der Waals surface area contributed by atoms with Crippen LogP contribution in [0, 0.1) is 0 Å². The van der Waals surface area contributed by atoms with Crippen LogP contribution in [0.2, 0.25) is 0 Å². The molecule has 26 heteroatoms. The van der Waals surface area contributed by atoms with Crippen molar-refractivity contribution >= 4 is 54.1 Å². The minimum absolute atomic E-state index is 0.0175. The van der Waals surface area contributed by atoms with Crippen LogP contribution in [0.3, 0.4) is 0 Å². The minimum atomic E-state index is -5.75. The summed E-state index contributed by atoms with van der Waals surface area (Å²) in [4.78, 5) is 91.3. The molecule has 0 amide bonds. The van der Waals surface area contributed by atoms with Gasteiger partial charge in [0, 0.05) is 18.6 Å². The van der Waals surface area contributed by atoms with E-state index in [1.807, 2.05) is 0 Å². The molecular weight excluding hydrogens is 852 g/mol. The van der Waals surface area contributed by atoms with Crippen LogP contribution < -0.4 is 0 Å². The van der Waals surface area contributed by atoms with Gasteiger partial charge < -0.3 is 49.2 Å². The van der Waals surface area contributed by atoms with Gasteiger partial charge >= 0.3 is 37.3 Å². The van der Waals surface area contributed by atoms with Crippen molar-refractivity contribution in [3.63, 3.8) is 0 Å². The van der Waals surface area contributed by atoms with Crippen LogP contribution in [0.15, 0.2) is 0 Å². The van der Waals surface area contributed by atoms with Gasteiger partial charge in [-0.25, -0.2) is 18.3 Å². The smallest absolute Gasteiger partial charge is 0.460 e. The van der Waals surface area contributed by atoms with E-state index >= 15 is 0 Å². The van der Waals surface area contributed by atoms with Crippen molar-refractivity contribution in [2.75, 3.05) is 12.4 Å². The fourth-order valence-electron chi connectivity index (χ4n) is 5.77. The van der Waals surface area contributed by atoms with E-state index in [0.29, 0.717) is 12.8 Å². The van der Waals surface area contributed by atoms with Crippen LogP contribution >= 0.6 is 43.1 Å². The number of phosphoric acid groups is 4. The maximum absolute atomic E-state index is 13.1. The number of ether oxygens (including phenoxy) is 1. The zero-order valence-electron chi connectivity index (χ0n) is 31.6. The Bertz CT molecular complexity index is 1300. The van der Waals surface area contributed by atoms with Crippen molar-refractivity contribution < 1.29 is 99.7 Å². The van der Waals surface area contributed by atoms with Gasteiger partial charge in [-0.05, 0) is 19.3 Å². The lowest BCUT2D eigenvalue weighted by Gasteiger charge is -2.45. The molecule has 1 aliphatic carbocycles. The summed E-state index contributed by atoms with van der Waals surface area (Å²) in [6.07, 6.45) is -2.42. The summed E-state index contributed by atoms with van der Waals surface area (Å²) in [7, 11) is -22.8. The first-order valence-electron chi connectivity index (χ1n) is 18.6. The molecule has 0 aliphatic heterocycles. The summed E-state index contributed by atoms with van der Waals surface area (Å²) in [6, 6.07) is 0. The Kier molecular flexibility index (Phi) is 25.9. The molecule has 1 fully saturated rings. The normalized spacial score (nSPS) is 23.8. The zero-order valence-corrected chi connectivity index (χ0v) is 36.0. The van der Waals surface area contributed by atoms with Crippen LogP contribution in [0.5, 0.6) is 0 Å². The van der Waals surface area contributed by atoms with Crippen molar-refractivity contribution in [1.29, 1.82) is 0 Å². The maximum Gasteiger partial charge on any atom is 0.472 e. The molecule has 56 heavy (non-hydrogen) atoms. The Balaban J connectivity index is 2.94. The van der Waals surface area contributed by atoms with Crippen molar-refractivity contribution in [3.8, 4) is 0 Å². The zero-order chi connectivity index (χ0) is 42.6. The highest BCUT2D eigenvalue weighted by atomic mass is 32.2. The summed E-state index contributed by atoms with van der Waals surface area (Å²) in [5.41, 5.74) is 0. The summed E-state index contributed by atoms with van der Waals surface area (Å²) >= 11 is 0.933. The van der Waals surface area contributed by atoms with Crippen LogP contribution in [0.1, 0.15) is 123 Å². The highest BCUT2D eigenvalue weighted by Gasteiger charge is 2.59. The summed E-state index contributed by atoms with van der Waals surface area (Å²) in [6.45, 7) is 3.14. The number of carbonyl (C=O) groups is 2. The fourth-order valence-corrected chi connectivity index (χ4v) is 9.38. The molecule has 1 rings (SSSR count). The molecule has 9 N–H and O–H groups in total. The number of carbonyl (C=O) groups excluding carboxylic acids is 2. The second-order valence-corrected chi connectivity index (χ2v) is 19.5. The molecule has 21 nitrogen and oxygen atoms in total. The number of esters is 1. The second-order valence-electron chi connectivity index (χ2n) is 13.4. The molecule has 0 bridgehead atoms. The molecular formula is C30H60O21P4S. The van der Waals surface area contributed by atoms with Crippen molar-refractivity contribution in [1.82, 2.24) is 0 Å². The van der Waals surface area contributed by atoms with Gasteiger partial charge in [0.2, 0.25) is 0 Å². The third-order valence-corrected chi connectivity index (χ3v) is 11.9. The lowest BCUT2D eigenvalue weighted by Crippen LogP contribution is -2.65. The SMILES string of the molecule is CCCCCCCCCCCCCCCC(=O)O[C@H](CCSC(=O)CCC)COP(=O)(O)OC1C(O)[C@@H](OP(=O)(O)O)C(OP(=O)(O)O)[C@@H](OP(=O)(O)O)[C@H]1O. The number of aliphatic hydroxyl groups is 2. The average molecular weight is 913 g/mol. The van der Waals surface area contributed by atoms with Gasteiger partial charge in [0.15, 0.2) is 5.12 Å². The topological polar surface area (TPSA) is 340 Å². The van der Waals surface area contributed by atoms with E-state index in [-0.39, 0.29) is 30.1 Å². The van der Waals surface area contributed by atoms with Crippen LogP contribution in [-0.4, -0.2) is 111 Å². The molecule has 0 heterocycles. The number of thioether (sulfide) groups is 1. The van der Waals surface area contributed by atoms with E-state index in [1.165, 1.54) is 44.9 Å². The van der Waals surface area contributed by atoms with Crippen molar-refractivity contribution in [3.05, 3.63) is 0 Å². The Morgan fingerprint density at radius 1 is 0.571 bits per heavy atom. The van der Waals surface area contributed by atoms with Gasteiger partial charge in [-0.15, -0.1) is 0 Å². The number of hydrogen-bond donors (Lipinski definition) is 9. The average Bonchev–Trinajstić information content (AvgIpc) is 3.06. The predicted molar refractivity (Wildman–Crippen MR) is 201 cm³/mol. The quantitative estimate of drug-likeness (QED) is 0.0262. The lowest BCUT2D eigenvalue weighted by molar-refractivity contribution is -0.209. The fraction of sp³-hybridized carbons (Fsp3) is 0.933. The molecule has 8 atom stereocenters. The van der Waals surface area contributed by atoms with E-state index in [9.17, 15) is 72.3 Å². The Labute approximate surface area is 331 Å². The third-order valence-electron chi connectivity index (χ3n) is 8.39. The molecule has 332 valence electrons. The largest absolute Gasteiger partial charge is 0.472 e. The van der Waals surface area contributed by atoms with Crippen molar-refractivity contribution in [2.24, 2.45) is 0 Å². The molecule has 0 spiro atoms. The second kappa shape index (κ2) is 26.9. The monoisotopic (exact) mass is 912 g/mol. The Morgan fingerprint density at radius 2 is 1.00 bits per heavy atom. The standard InChI is InChI=1S/C30H60O21P4S/c1-3-5-6-7-8-9-10-11-12-13-14-15-16-18-23(31)47-22(19-20-56-24(32)17-4-2)21-46-55(44,45)51-27-25(33)28(48-52(35,36)37)30(50-54(41,42)43)29(26(27)34)49-53(38,39)40/h22,25-30,33-34H,3-21H2,1-2H3,(H,44,45)(H2,35,36,37)(H2,38,39,40)(H2,41,42,43)/t22-,25+,26?,27?,28+,29-,30?/m1/s1. The van der Waals surface area contributed by atoms with Gasteiger partial charge in [0.1, 0.15) is 42.7 Å². The van der Waals surface area contributed by atoms with Crippen molar-refractivity contribution in [2.45, 2.75) is 166 Å². The number of hydrogen-bond acceptors (Lipinski definition) is 15. The van der Waals surface area contributed by atoms with Gasteiger partial charge in [-0.1, -0.05) is 103 Å². The molecule has 0 aromatic carbocycles.